The predicted molar refractivity (Wildman–Crippen MR) is 72.7 cm³/mol. The summed E-state index contributed by atoms with van der Waals surface area (Å²) in [6, 6.07) is 5.23. The summed E-state index contributed by atoms with van der Waals surface area (Å²) in [5, 5.41) is 3.54. The van der Waals surface area contributed by atoms with Crippen molar-refractivity contribution >= 4 is 0 Å². The molecule has 1 aliphatic heterocycles. The Morgan fingerprint density at radius 3 is 2.94 bits per heavy atom. The molecule has 1 fully saturated rings. The smallest absolute Gasteiger partial charge is 0.212 e. The summed E-state index contributed by atoms with van der Waals surface area (Å²) in [5.74, 6) is 0.680. The number of methoxy groups -OCH3 is 1. The van der Waals surface area contributed by atoms with E-state index in [-0.39, 0.29) is 0 Å². The molecular formula is C14H23N3O. The second kappa shape index (κ2) is 6.16. The molecule has 100 valence electrons. The third-order valence-electron chi connectivity index (χ3n) is 3.59. The first-order valence-electron chi connectivity index (χ1n) is 6.69. The highest BCUT2D eigenvalue weighted by Gasteiger charge is 2.24. The molecule has 0 saturated carbocycles. The van der Waals surface area contributed by atoms with Crippen LogP contribution in [0.3, 0.4) is 0 Å². The van der Waals surface area contributed by atoms with E-state index in [1.54, 1.807) is 7.11 Å². The van der Waals surface area contributed by atoms with E-state index in [4.69, 9.17) is 4.74 Å². The second-order valence-corrected chi connectivity index (χ2v) is 5.01. The number of hydrogen-bond acceptors (Lipinski definition) is 4. The van der Waals surface area contributed by atoms with Crippen molar-refractivity contribution in [3.63, 3.8) is 0 Å². The van der Waals surface area contributed by atoms with Gasteiger partial charge in [0, 0.05) is 44.0 Å². The molecule has 0 aromatic carbocycles. The molecule has 4 heteroatoms. The third-order valence-corrected chi connectivity index (χ3v) is 3.59. The highest BCUT2D eigenvalue weighted by molar-refractivity contribution is 5.17. The first-order valence-corrected chi connectivity index (χ1v) is 6.69. The summed E-state index contributed by atoms with van der Waals surface area (Å²) in [7, 11) is 1.65. The van der Waals surface area contributed by atoms with Gasteiger partial charge in [-0.1, -0.05) is 13.0 Å². The van der Waals surface area contributed by atoms with E-state index in [1.165, 1.54) is 12.0 Å². The SMILES string of the molecule is CCC1CNC(C)CN1Cc1ccc(OC)nc1. The number of nitrogens with one attached hydrogen (secondary N) is 1. The molecule has 2 rings (SSSR count). The fourth-order valence-corrected chi connectivity index (χ4v) is 2.49. The van der Waals surface area contributed by atoms with Crippen molar-refractivity contribution in [2.24, 2.45) is 0 Å². The predicted octanol–water partition coefficient (Wildman–Crippen LogP) is 1.66. The topological polar surface area (TPSA) is 37.4 Å². The molecule has 1 aromatic heterocycles. The molecule has 2 heterocycles. The van der Waals surface area contributed by atoms with E-state index < -0.39 is 0 Å². The van der Waals surface area contributed by atoms with Crippen LogP contribution >= 0.6 is 0 Å². The number of pyridine rings is 1. The van der Waals surface area contributed by atoms with Crippen LogP contribution in [0.2, 0.25) is 0 Å². The maximum Gasteiger partial charge on any atom is 0.212 e. The van der Waals surface area contributed by atoms with Gasteiger partial charge in [0.2, 0.25) is 5.88 Å². The largest absolute Gasteiger partial charge is 0.481 e. The van der Waals surface area contributed by atoms with E-state index in [9.17, 15) is 0 Å². The second-order valence-electron chi connectivity index (χ2n) is 5.01. The zero-order valence-electron chi connectivity index (χ0n) is 11.5. The first-order chi connectivity index (χ1) is 8.72. The molecule has 1 aliphatic rings. The van der Waals surface area contributed by atoms with Gasteiger partial charge in [-0.3, -0.25) is 4.90 Å². The summed E-state index contributed by atoms with van der Waals surface area (Å²) < 4.78 is 5.08. The van der Waals surface area contributed by atoms with Crippen LogP contribution in [-0.4, -0.2) is 42.2 Å². The molecule has 2 unspecified atom stereocenters. The van der Waals surface area contributed by atoms with Crippen LogP contribution in [0.1, 0.15) is 25.8 Å². The molecule has 1 aromatic rings. The molecule has 18 heavy (non-hydrogen) atoms. The van der Waals surface area contributed by atoms with E-state index in [2.05, 4.69) is 35.1 Å². The van der Waals surface area contributed by atoms with Crippen molar-refractivity contribution < 1.29 is 4.74 Å². The average molecular weight is 249 g/mol. The van der Waals surface area contributed by atoms with Gasteiger partial charge in [0.1, 0.15) is 0 Å². The third kappa shape index (κ3) is 3.21. The Bertz CT molecular complexity index is 366. The fraction of sp³-hybridized carbons (Fsp3) is 0.643. The lowest BCUT2D eigenvalue weighted by Crippen LogP contribution is -2.54. The van der Waals surface area contributed by atoms with E-state index in [1.807, 2.05) is 12.3 Å². The van der Waals surface area contributed by atoms with Gasteiger partial charge in [-0.2, -0.15) is 0 Å². The van der Waals surface area contributed by atoms with Gasteiger partial charge in [-0.25, -0.2) is 4.98 Å². The molecule has 0 radical (unpaired) electrons. The number of piperazine rings is 1. The quantitative estimate of drug-likeness (QED) is 0.880. The fourth-order valence-electron chi connectivity index (χ4n) is 2.49. The zero-order valence-corrected chi connectivity index (χ0v) is 11.5. The molecular weight excluding hydrogens is 226 g/mol. The Morgan fingerprint density at radius 1 is 1.50 bits per heavy atom. The van der Waals surface area contributed by atoms with Crippen molar-refractivity contribution in [3.8, 4) is 5.88 Å². The summed E-state index contributed by atoms with van der Waals surface area (Å²) in [6.07, 6.45) is 3.10. The van der Waals surface area contributed by atoms with Crippen LogP contribution < -0.4 is 10.1 Å². The first kappa shape index (κ1) is 13.3. The number of hydrogen-bond donors (Lipinski definition) is 1. The van der Waals surface area contributed by atoms with Crippen molar-refractivity contribution in [1.82, 2.24) is 15.2 Å². The Kier molecular flexibility index (Phi) is 4.55. The lowest BCUT2D eigenvalue weighted by Gasteiger charge is -2.39. The number of rotatable bonds is 4. The molecule has 0 spiro atoms. The minimum absolute atomic E-state index is 0.569. The van der Waals surface area contributed by atoms with Gasteiger partial charge in [0.05, 0.1) is 7.11 Å². The van der Waals surface area contributed by atoms with Gasteiger partial charge < -0.3 is 10.1 Å². The molecule has 2 atom stereocenters. The molecule has 0 aliphatic carbocycles. The minimum atomic E-state index is 0.569. The van der Waals surface area contributed by atoms with Gasteiger partial charge in [-0.15, -0.1) is 0 Å². The lowest BCUT2D eigenvalue weighted by molar-refractivity contribution is 0.124. The Balaban J connectivity index is 2.01. The lowest BCUT2D eigenvalue weighted by atomic mass is 10.1. The summed E-state index contributed by atoms with van der Waals surface area (Å²) in [4.78, 5) is 6.81. The maximum absolute atomic E-state index is 5.08. The van der Waals surface area contributed by atoms with Crippen LogP contribution in [0.15, 0.2) is 18.3 Å². The Hall–Kier alpha value is -1.13. The molecule has 4 nitrogen and oxygen atoms in total. The zero-order chi connectivity index (χ0) is 13.0. The maximum atomic E-state index is 5.08. The van der Waals surface area contributed by atoms with Gasteiger partial charge in [0.15, 0.2) is 0 Å². The highest BCUT2D eigenvalue weighted by atomic mass is 16.5. The van der Waals surface area contributed by atoms with E-state index in [0.717, 1.165) is 19.6 Å². The molecule has 0 bridgehead atoms. The van der Waals surface area contributed by atoms with Crippen molar-refractivity contribution in [2.45, 2.75) is 38.9 Å². The van der Waals surface area contributed by atoms with Crippen LogP contribution in [0.4, 0.5) is 0 Å². The summed E-state index contributed by atoms with van der Waals surface area (Å²) in [5.41, 5.74) is 1.25. The van der Waals surface area contributed by atoms with Gasteiger partial charge in [-0.05, 0) is 18.9 Å². The van der Waals surface area contributed by atoms with Crippen molar-refractivity contribution in [3.05, 3.63) is 23.9 Å². The highest BCUT2D eigenvalue weighted by Crippen LogP contribution is 2.15. The monoisotopic (exact) mass is 249 g/mol. The normalized spacial score (nSPS) is 25.1. The van der Waals surface area contributed by atoms with Crippen LogP contribution in [-0.2, 0) is 6.54 Å². The average Bonchev–Trinajstić information content (AvgIpc) is 2.40. The number of nitrogens with zero attached hydrogens (tertiary/aromatic N) is 2. The van der Waals surface area contributed by atoms with Gasteiger partial charge >= 0.3 is 0 Å². The van der Waals surface area contributed by atoms with Crippen LogP contribution in [0.5, 0.6) is 5.88 Å². The molecule has 1 N–H and O–H groups in total. The van der Waals surface area contributed by atoms with Crippen LogP contribution in [0.25, 0.3) is 0 Å². The minimum Gasteiger partial charge on any atom is -0.481 e. The Morgan fingerprint density at radius 2 is 2.33 bits per heavy atom. The van der Waals surface area contributed by atoms with E-state index in [0.29, 0.717) is 18.0 Å². The van der Waals surface area contributed by atoms with E-state index >= 15 is 0 Å². The molecule has 0 amide bonds. The molecule has 1 saturated heterocycles. The summed E-state index contributed by atoms with van der Waals surface area (Å²) in [6.45, 7) is 7.65. The van der Waals surface area contributed by atoms with Crippen LogP contribution in [0, 0.1) is 0 Å². The van der Waals surface area contributed by atoms with Gasteiger partial charge in [0.25, 0.3) is 0 Å². The standard InChI is InChI=1S/C14H23N3O/c1-4-13-8-15-11(2)9-17(13)10-12-5-6-14(18-3)16-7-12/h5-7,11,13,15H,4,8-10H2,1-3H3. The number of ether oxygens (including phenoxy) is 1. The Labute approximate surface area is 109 Å². The number of aromatic nitrogens is 1. The van der Waals surface area contributed by atoms with Crippen molar-refractivity contribution in [1.29, 1.82) is 0 Å². The summed E-state index contributed by atoms with van der Waals surface area (Å²) >= 11 is 0. The van der Waals surface area contributed by atoms with Crippen molar-refractivity contribution in [2.75, 3.05) is 20.2 Å².